The van der Waals surface area contributed by atoms with Crippen molar-refractivity contribution < 1.29 is 8.81 Å². The van der Waals surface area contributed by atoms with E-state index in [4.69, 9.17) is 16.0 Å². The van der Waals surface area contributed by atoms with Crippen molar-refractivity contribution >= 4 is 55.5 Å². The van der Waals surface area contributed by atoms with Crippen LogP contribution in [0.3, 0.4) is 0 Å². The first-order chi connectivity index (χ1) is 14.0. The van der Waals surface area contributed by atoms with Gasteiger partial charge in [0.25, 0.3) is 0 Å². The summed E-state index contributed by atoms with van der Waals surface area (Å²) in [6.07, 6.45) is 4.79. The van der Waals surface area contributed by atoms with Gasteiger partial charge >= 0.3 is 0 Å². The summed E-state index contributed by atoms with van der Waals surface area (Å²) in [6, 6.07) is 12.2. The third-order valence-electron chi connectivity index (χ3n) is 4.31. The number of rotatable bonds is 5. The van der Waals surface area contributed by atoms with E-state index in [2.05, 4.69) is 37.6 Å². The molecule has 0 fully saturated rings. The van der Waals surface area contributed by atoms with Gasteiger partial charge in [0, 0.05) is 39.5 Å². The number of pyridine rings is 1. The van der Waals surface area contributed by atoms with Crippen LogP contribution in [0.25, 0.3) is 10.9 Å². The molecule has 0 amide bonds. The summed E-state index contributed by atoms with van der Waals surface area (Å²) < 4.78 is 19.4. The van der Waals surface area contributed by atoms with E-state index in [-0.39, 0.29) is 5.02 Å². The van der Waals surface area contributed by atoms with Crippen molar-refractivity contribution in [1.82, 2.24) is 4.98 Å². The number of aromatic nitrogens is 1. The van der Waals surface area contributed by atoms with Gasteiger partial charge in [-0.1, -0.05) is 11.6 Å². The molecule has 2 aromatic carbocycles. The Morgan fingerprint density at radius 3 is 2.79 bits per heavy atom. The largest absolute Gasteiger partial charge is 0.472 e. The lowest BCUT2D eigenvalue weighted by Crippen LogP contribution is -2.01. The van der Waals surface area contributed by atoms with Gasteiger partial charge in [0.15, 0.2) is 0 Å². The minimum atomic E-state index is -0.509. The lowest BCUT2D eigenvalue weighted by atomic mass is 10.1. The minimum absolute atomic E-state index is 0.00415. The highest BCUT2D eigenvalue weighted by Crippen LogP contribution is 2.35. The first-order valence-corrected chi connectivity index (χ1v) is 9.71. The number of hydrogen-bond acceptors (Lipinski definition) is 5. The van der Waals surface area contributed by atoms with Crippen LogP contribution in [-0.2, 0) is 6.54 Å². The highest BCUT2D eigenvalue weighted by Gasteiger charge is 2.14. The second kappa shape index (κ2) is 8.11. The van der Waals surface area contributed by atoms with Crippen LogP contribution in [0.5, 0.6) is 0 Å². The molecule has 2 heterocycles. The number of nitriles is 1. The van der Waals surface area contributed by atoms with E-state index < -0.39 is 5.82 Å². The predicted octanol–water partition coefficient (Wildman–Crippen LogP) is 6.61. The van der Waals surface area contributed by atoms with Gasteiger partial charge in [0.05, 0.1) is 34.3 Å². The van der Waals surface area contributed by atoms with Crippen molar-refractivity contribution in [2.45, 2.75) is 6.54 Å². The summed E-state index contributed by atoms with van der Waals surface area (Å²) in [5, 5.41) is 16.8. The predicted molar refractivity (Wildman–Crippen MR) is 115 cm³/mol. The number of hydrogen-bond donors (Lipinski definition) is 2. The molecule has 5 nitrogen and oxygen atoms in total. The van der Waals surface area contributed by atoms with E-state index >= 15 is 0 Å². The third-order valence-corrected chi connectivity index (χ3v) is 5.21. The minimum Gasteiger partial charge on any atom is -0.472 e. The van der Waals surface area contributed by atoms with Gasteiger partial charge in [-0.25, -0.2) is 4.39 Å². The van der Waals surface area contributed by atoms with Crippen molar-refractivity contribution in [3.05, 3.63) is 81.6 Å². The average Bonchev–Trinajstić information content (AvgIpc) is 3.23. The zero-order valence-electron chi connectivity index (χ0n) is 14.8. The van der Waals surface area contributed by atoms with E-state index in [9.17, 15) is 9.65 Å². The third kappa shape index (κ3) is 4.04. The Balaban J connectivity index is 1.78. The normalized spacial score (nSPS) is 10.7. The maximum atomic E-state index is 13.5. The van der Waals surface area contributed by atoms with Gasteiger partial charge in [-0.2, -0.15) is 5.26 Å². The molecule has 4 rings (SSSR count). The molecule has 0 spiro atoms. The zero-order valence-corrected chi connectivity index (χ0v) is 17.2. The van der Waals surface area contributed by atoms with Crippen LogP contribution in [0.2, 0.25) is 5.02 Å². The lowest BCUT2D eigenvalue weighted by Gasteiger charge is -2.14. The number of halogens is 3. The second-order valence-corrected chi connectivity index (χ2v) is 7.51. The molecule has 0 aliphatic heterocycles. The molecule has 29 heavy (non-hydrogen) atoms. The summed E-state index contributed by atoms with van der Waals surface area (Å²) in [6.45, 7) is 0.580. The molecule has 2 aromatic heterocycles. The fourth-order valence-corrected chi connectivity index (χ4v) is 3.64. The van der Waals surface area contributed by atoms with Gasteiger partial charge in [0.1, 0.15) is 11.9 Å². The standard InChI is InChI=1S/C21H13BrClFN4O/c22-17-6-15(26-9-12-3-4-29-11-12)5-16-20(13(8-25)10-27-21(16)17)28-14-1-2-19(24)18(23)7-14/h1-7,10-11,26H,9H2,(H,27,28). The Morgan fingerprint density at radius 2 is 2.07 bits per heavy atom. The fourth-order valence-electron chi connectivity index (χ4n) is 2.90. The molecular formula is C21H13BrClFN4O. The van der Waals surface area contributed by atoms with Crippen LogP contribution < -0.4 is 10.6 Å². The number of nitrogens with zero attached hydrogens (tertiary/aromatic N) is 2. The van der Waals surface area contributed by atoms with Crippen LogP contribution >= 0.6 is 27.5 Å². The van der Waals surface area contributed by atoms with Crippen molar-refractivity contribution in [3.8, 4) is 6.07 Å². The van der Waals surface area contributed by atoms with Crippen LogP contribution in [0.4, 0.5) is 21.5 Å². The first kappa shape index (κ1) is 19.2. The lowest BCUT2D eigenvalue weighted by molar-refractivity contribution is 0.564. The Bertz CT molecular complexity index is 1240. The number of fused-ring (bicyclic) bond motifs is 1. The summed E-state index contributed by atoms with van der Waals surface area (Å²) in [5.74, 6) is -0.509. The molecule has 0 saturated carbocycles. The van der Waals surface area contributed by atoms with Gasteiger partial charge in [-0.3, -0.25) is 4.98 Å². The van der Waals surface area contributed by atoms with Crippen LogP contribution in [0, 0.1) is 17.1 Å². The van der Waals surface area contributed by atoms with E-state index in [0.29, 0.717) is 29.0 Å². The smallest absolute Gasteiger partial charge is 0.141 e. The second-order valence-electron chi connectivity index (χ2n) is 6.25. The van der Waals surface area contributed by atoms with Gasteiger partial charge in [-0.15, -0.1) is 0 Å². The highest BCUT2D eigenvalue weighted by atomic mass is 79.9. The van der Waals surface area contributed by atoms with E-state index in [1.807, 2.05) is 18.2 Å². The van der Waals surface area contributed by atoms with Gasteiger partial charge in [0.2, 0.25) is 0 Å². The summed E-state index contributed by atoms with van der Waals surface area (Å²) in [4.78, 5) is 4.40. The Labute approximate surface area is 179 Å². The maximum Gasteiger partial charge on any atom is 0.141 e. The molecule has 4 aromatic rings. The first-order valence-electron chi connectivity index (χ1n) is 8.54. The van der Waals surface area contributed by atoms with Crippen molar-refractivity contribution in [3.63, 3.8) is 0 Å². The molecule has 0 aliphatic carbocycles. The summed E-state index contributed by atoms with van der Waals surface area (Å²) >= 11 is 9.45. The van der Waals surface area contributed by atoms with Crippen LogP contribution in [0.1, 0.15) is 11.1 Å². The molecule has 0 radical (unpaired) electrons. The molecule has 0 saturated heterocycles. The summed E-state index contributed by atoms with van der Waals surface area (Å²) in [5.41, 5.74) is 4.01. The van der Waals surface area contributed by atoms with Gasteiger partial charge in [-0.05, 0) is 52.3 Å². The number of benzene rings is 2. The van der Waals surface area contributed by atoms with Gasteiger partial charge < -0.3 is 15.1 Å². The van der Waals surface area contributed by atoms with E-state index in [0.717, 1.165) is 21.1 Å². The molecular weight excluding hydrogens is 459 g/mol. The Hall–Kier alpha value is -3.08. The summed E-state index contributed by atoms with van der Waals surface area (Å²) in [7, 11) is 0. The van der Waals surface area contributed by atoms with Crippen LogP contribution in [-0.4, -0.2) is 4.98 Å². The van der Waals surface area contributed by atoms with Crippen molar-refractivity contribution in [1.29, 1.82) is 5.26 Å². The number of nitrogens with one attached hydrogen (secondary N) is 2. The van der Waals surface area contributed by atoms with Crippen molar-refractivity contribution in [2.75, 3.05) is 10.6 Å². The maximum absolute atomic E-state index is 13.5. The number of furan rings is 1. The molecule has 2 N–H and O–H groups in total. The fraction of sp³-hybridized carbons (Fsp3) is 0.0476. The number of anilines is 3. The molecule has 0 bridgehead atoms. The molecule has 144 valence electrons. The topological polar surface area (TPSA) is 73.9 Å². The van der Waals surface area contributed by atoms with E-state index in [1.54, 1.807) is 18.6 Å². The molecule has 0 atom stereocenters. The zero-order chi connectivity index (χ0) is 20.4. The molecule has 0 aliphatic rings. The quantitative estimate of drug-likeness (QED) is 0.342. The van der Waals surface area contributed by atoms with Crippen molar-refractivity contribution in [2.24, 2.45) is 0 Å². The Morgan fingerprint density at radius 1 is 1.21 bits per heavy atom. The Kier molecular flexibility index (Phi) is 5.38. The highest BCUT2D eigenvalue weighted by molar-refractivity contribution is 9.10. The van der Waals surface area contributed by atoms with E-state index in [1.165, 1.54) is 18.3 Å². The average molecular weight is 472 g/mol. The molecule has 8 heteroatoms. The molecule has 0 unspecified atom stereocenters. The van der Waals surface area contributed by atoms with Crippen LogP contribution in [0.15, 0.2) is 64.0 Å². The SMILES string of the molecule is N#Cc1cnc2c(Br)cc(NCc3ccoc3)cc2c1Nc1ccc(F)c(Cl)c1. The monoisotopic (exact) mass is 470 g/mol.